The highest BCUT2D eigenvalue weighted by Crippen LogP contribution is 2.41. The van der Waals surface area contributed by atoms with Crippen molar-refractivity contribution in [3.8, 4) is 5.75 Å². The third-order valence-electron chi connectivity index (χ3n) is 5.05. The molecule has 25 heavy (non-hydrogen) atoms. The summed E-state index contributed by atoms with van der Waals surface area (Å²) in [7, 11) is 0. The van der Waals surface area contributed by atoms with E-state index in [2.05, 4.69) is 57.6 Å². The van der Waals surface area contributed by atoms with Crippen LogP contribution in [0.4, 0.5) is 0 Å². The van der Waals surface area contributed by atoms with E-state index in [0.29, 0.717) is 18.6 Å². The fourth-order valence-electron chi connectivity index (χ4n) is 3.27. The Labute approximate surface area is 158 Å². The van der Waals surface area contributed by atoms with Crippen LogP contribution in [-0.4, -0.2) is 12.6 Å². The molecule has 4 rings (SSSR count). The average Bonchev–Trinajstić information content (AvgIpc) is 3.50. The Morgan fingerprint density at radius 1 is 1.08 bits per heavy atom. The number of hydrogen-bond donors (Lipinski definition) is 2. The third-order valence-corrected chi connectivity index (χ3v) is 5.54. The van der Waals surface area contributed by atoms with E-state index in [0.717, 1.165) is 16.1 Å². The van der Waals surface area contributed by atoms with E-state index in [4.69, 9.17) is 4.74 Å². The predicted molar refractivity (Wildman–Crippen MR) is 106 cm³/mol. The minimum Gasteiger partial charge on any atom is -0.489 e. The Bertz CT molecular complexity index is 685. The monoisotopic (exact) mass is 402 g/mol. The first-order valence-corrected chi connectivity index (χ1v) is 9.78. The number of rotatable bonds is 8. The number of ether oxygens (including phenoxy) is 1. The second-order valence-electron chi connectivity index (χ2n) is 7.12. The van der Waals surface area contributed by atoms with Crippen molar-refractivity contribution in [3.63, 3.8) is 0 Å². The molecule has 3 nitrogen and oxygen atoms in total. The summed E-state index contributed by atoms with van der Waals surface area (Å²) in [6.45, 7) is 1.80. The maximum absolute atomic E-state index is 5.89. The maximum Gasteiger partial charge on any atom is 0.119 e. The van der Waals surface area contributed by atoms with Crippen LogP contribution >= 0.6 is 15.9 Å². The molecule has 4 N–H and O–H groups in total. The van der Waals surface area contributed by atoms with E-state index in [1.165, 1.54) is 43.4 Å². The smallest absolute Gasteiger partial charge is 0.119 e. The van der Waals surface area contributed by atoms with Gasteiger partial charge in [0.05, 0.1) is 0 Å². The lowest BCUT2D eigenvalue weighted by Gasteiger charge is -2.08. The van der Waals surface area contributed by atoms with Crippen LogP contribution in [0.5, 0.6) is 5.75 Å². The average molecular weight is 403 g/mol. The summed E-state index contributed by atoms with van der Waals surface area (Å²) in [6.07, 6.45) is 5.56. The van der Waals surface area contributed by atoms with Crippen molar-refractivity contribution in [2.24, 2.45) is 5.92 Å². The summed E-state index contributed by atoms with van der Waals surface area (Å²) in [5.74, 6) is 2.66. The fourth-order valence-corrected chi connectivity index (χ4v) is 3.72. The highest BCUT2D eigenvalue weighted by atomic mass is 79.9. The third kappa shape index (κ3) is 5.30. The highest BCUT2D eigenvalue weighted by Gasteiger charge is 2.37. The summed E-state index contributed by atoms with van der Waals surface area (Å²) in [5.41, 5.74) is 2.62. The van der Waals surface area contributed by atoms with Gasteiger partial charge < -0.3 is 16.2 Å². The Morgan fingerprint density at radius 3 is 2.60 bits per heavy atom. The summed E-state index contributed by atoms with van der Waals surface area (Å²) < 4.78 is 6.98. The van der Waals surface area contributed by atoms with Crippen LogP contribution in [0.25, 0.3) is 0 Å². The van der Waals surface area contributed by atoms with Crippen molar-refractivity contribution >= 4 is 15.9 Å². The zero-order valence-corrected chi connectivity index (χ0v) is 16.2. The van der Waals surface area contributed by atoms with Gasteiger partial charge in [0.25, 0.3) is 0 Å². The molecule has 2 aliphatic rings. The number of benzene rings is 2. The van der Waals surface area contributed by atoms with Crippen molar-refractivity contribution < 1.29 is 4.74 Å². The topological polar surface area (TPSA) is 56.3 Å². The predicted octanol–water partition coefficient (Wildman–Crippen LogP) is 5.44. The lowest BCUT2D eigenvalue weighted by molar-refractivity contribution is 0.306. The van der Waals surface area contributed by atoms with Crippen LogP contribution in [0, 0.1) is 5.92 Å². The standard InChI is InChI=1S/C21H24BrNO.H3N/c22-18-3-1-2-16(12-18)14-24-19-8-6-17(7-9-19)20-13-21(20)23-11-10-15-4-5-15;/h1-3,6-9,12,15,20-21,23H,4-5,10-11,13-14H2;1H3. The molecule has 2 atom stereocenters. The van der Waals surface area contributed by atoms with Gasteiger partial charge >= 0.3 is 0 Å². The van der Waals surface area contributed by atoms with Crippen LogP contribution in [0.3, 0.4) is 0 Å². The van der Waals surface area contributed by atoms with Gasteiger partial charge in [0, 0.05) is 16.4 Å². The molecular weight excluding hydrogens is 376 g/mol. The first-order chi connectivity index (χ1) is 11.8. The normalized spacial score (nSPS) is 21.5. The van der Waals surface area contributed by atoms with Gasteiger partial charge in [-0.25, -0.2) is 0 Å². The summed E-state index contributed by atoms with van der Waals surface area (Å²) in [6, 6.07) is 17.6. The van der Waals surface area contributed by atoms with E-state index >= 15 is 0 Å². The molecule has 134 valence electrons. The summed E-state index contributed by atoms with van der Waals surface area (Å²) >= 11 is 3.49. The van der Waals surface area contributed by atoms with Gasteiger partial charge in [-0.05, 0) is 60.7 Å². The molecule has 0 spiro atoms. The van der Waals surface area contributed by atoms with Gasteiger partial charge in [-0.1, -0.05) is 53.0 Å². The second kappa shape index (κ2) is 8.35. The minimum atomic E-state index is 0. The molecule has 2 unspecified atom stereocenters. The van der Waals surface area contributed by atoms with Crippen molar-refractivity contribution in [2.75, 3.05) is 6.54 Å². The molecule has 2 aromatic carbocycles. The Balaban J connectivity index is 0.00000182. The fraction of sp³-hybridized carbons (Fsp3) is 0.429. The summed E-state index contributed by atoms with van der Waals surface area (Å²) in [4.78, 5) is 0. The molecule has 0 heterocycles. The van der Waals surface area contributed by atoms with Crippen molar-refractivity contribution in [1.82, 2.24) is 11.5 Å². The SMILES string of the molecule is Brc1cccc(COc2ccc(C3CC3NCCC3CC3)cc2)c1.N. The van der Waals surface area contributed by atoms with Crippen LogP contribution in [0.1, 0.15) is 42.7 Å². The van der Waals surface area contributed by atoms with Gasteiger partial charge in [-0.2, -0.15) is 0 Å². The van der Waals surface area contributed by atoms with Crippen LogP contribution in [0.15, 0.2) is 53.0 Å². The molecule has 0 amide bonds. The molecule has 2 aromatic rings. The van der Waals surface area contributed by atoms with E-state index in [9.17, 15) is 0 Å². The van der Waals surface area contributed by atoms with E-state index in [-0.39, 0.29) is 6.15 Å². The van der Waals surface area contributed by atoms with Crippen LogP contribution in [-0.2, 0) is 6.61 Å². The zero-order valence-electron chi connectivity index (χ0n) is 14.6. The molecule has 2 fully saturated rings. The number of halogens is 1. The highest BCUT2D eigenvalue weighted by molar-refractivity contribution is 9.10. The van der Waals surface area contributed by atoms with Crippen molar-refractivity contribution in [3.05, 3.63) is 64.1 Å². The lowest BCUT2D eigenvalue weighted by Crippen LogP contribution is -2.19. The molecule has 0 bridgehead atoms. The van der Waals surface area contributed by atoms with E-state index in [1.807, 2.05) is 12.1 Å². The van der Waals surface area contributed by atoms with Gasteiger partial charge in [-0.15, -0.1) is 0 Å². The van der Waals surface area contributed by atoms with Crippen LogP contribution < -0.4 is 16.2 Å². The van der Waals surface area contributed by atoms with Gasteiger partial charge in [0.2, 0.25) is 0 Å². The molecule has 4 heteroatoms. The van der Waals surface area contributed by atoms with Gasteiger partial charge in [0.15, 0.2) is 0 Å². The lowest BCUT2D eigenvalue weighted by atomic mass is 10.1. The maximum atomic E-state index is 5.89. The Morgan fingerprint density at radius 2 is 1.88 bits per heavy atom. The van der Waals surface area contributed by atoms with Crippen molar-refractivity contribution in [1.29, 1.82) is 0 Å². The molecule has 2 saturated carbocycles. The zero-order chi connectivity index (χ0) is 16.4. The minimum absolute atomic E-state index is 0. The molecule has 0 aromatic heterocycles. The van der Waals surface area contributed by atoms with Crippen molar-refractivity contribution in [2.45, 2.75) is 44.2 Å². The Kier molecular flexibility index (Phi) is 6.15. The first kappa shape index (κ1) is 18.4. The van der Waals surface area contributed by atoms with E-state index < -0.39 is 0 Å². The molecule has 0 radical (unpaired) electrons. The summed E-state index contributed by atoms with van der Waals surface area (Å²) in [5, 5.41) is 3.71. The molecular formula is C21H27BrN2O. The van der Waals surface area contributed by atoms with Gasteiger partial charge in [0.1, 0.15) is 12.4 Å². The van der Waals surface area contributed by atoms with Crippen LogP contribution in [0.2, 0.25) is 0 Å². The molecule has 2 aliphatic carbocycles. The quantitative estimate of drug-likeness (QED) is 0.618. The largest absolute Gasteiger partial charge is 0.489 e. The Hall–Kier alpha value is -1.36. The molecule has 0 aliphatic heterocycles. The number of nitrogens with one attached hydrogen (secondary N) is 1. The second-order valence-corrected chi connectivity index (χ2v) is 8.04. The first-order valence-electron chi connectivity index (χ1n) is 8.98. The van der Waals surface area contributed by atoms with E-state index in [1.54, 1.807) is 0 Å². The number of hydrogen-bond acceptors (Lipinski definition) is 3. The molecule has 0 saturated heterocycles. The van der Waals surface area contributed by atoms with Gasteiger partial charge in [-0.3, -0.25) is 0 Å².